The third-order valence-corrected chi connectivity index (χ3v) is 4.77. The highest BCUT2D eigenvalue weighted by molar-refractivity contribution is 7.99. The summed E-state index contributed by atoms with van der Waals surface area (Å²) in [4.78, 5) is 4.22. The van der Waals surface area contributed by atoms with Gasteiger partial charge in [-0.25, -0.2) is 4.98 Å². The van der Waals surface area contributed by atoms with Gasteiger partial charge in [-0.05, 0) is 38.0 Å². The zero-order valence-corrected chi connectivity index (χ0v) is 12.0. The van der Waals surface area contributed by atoms with Crippen molar-refractivity contribution < 1.29 is 4.74 Å². The lowest BCUT2D eigenvalue weighted by atomic mass is 9.95. The molecule has 1 fully saturated rings. The molecule has 0 unspecified atom stereocenters. The minimum atomic E-state index is 0.651. The lowest BCUT2D eigenvalue weighted by Crippen LogP contribution is -2.33. The van der Waals surface area contributed by atoms with Gasteiger partial charge in [-0.3, -0.25) is 0 Å². The normalized spacial score (nSPS) is 23.9. The molecule has 1 aromatic rings. The summed E-state index contributed by atoms with van der Waals surface area (Å²) < 4.78 is 5.27. The van der Waals surface area contributed by atoms with Gasteiger partial charge in [0.2, 0.25) is 5.88 Å². The molecule has 0 saturated heterocycles. The van der Waals surface area contributed by atoms with Gasteiger partial charge >= 0.3 is 0 Å². The van der Waals surface area contributed by atoms with E-state index < -0.39 is 0 Å². The van der Waals surface area contributed by atoms with Crippen LogP contribution in [0.5, 0.6) is 5.88 Å². The maximum Gasteiger partial charge on any atom is 0.217 e. The Balaban J connectivity index is 1.81. The monoisotopic (exact) mass is 266 g/mol. The van der Waals surface area contributed by atoms with Crippen molar-refractivity contribution >= 4 is 11.8 Å². The van der Waals surface area contributed by atoms with E-state index in [0.717, 1.165) is 23.2 Å². The largest absolute Gasteiger partial charge is 0.481 e. The number of aromatic nitrogens is 1. The predicted octanol–water partition coefficient (Wildman–Crippen LogP) is 2.85. The van der Waals surface area contributed by atoms with Crippen LogP contribution in [-0.4, -0.2) is 29.6 Å². The van der Waals surface area contributed by atoms with Gasteiger partial charge in [0.25, 0.3) is 0 Å². The second kappa shape index (κ2) is 7.00. The summed E-state index contributed by atoms with van der Waals surface area (Å²) in [5.41, 5.74) is 1.15. The van der Waals surface area contributed by atoms with Crippen LogP contribution >= 0.6 is 11.8 Å². The standard InChI is InChI=1S/C14H22N2OS/c1-17-14-11(4-3-9-15-14)10-16-12-5-7-13(18-2)8-6-12/h3-4,9,12-13,16H,5-8,10H2,1-2H3. The predicted molar refractivity (Wildman–Crippen MR) is 77.2 cm³/mol. The molecule has 4 heteroatoms. The van der Waals surface area contributed by atoms with Crippen LogP contribution in [0.3, 0.4) is 0 Å². The summed E-state index contributed by atoms with van der Waals surface area (Å²) in [5.74, 6) is 0.739. The maximum atomic E-state index is 5.27. The number of thioether (sulfide) groups is 1. The van der Waals surface area contributed by atoms with E-state index in [0.29, 0.717) is 6.04 Å². The Morgan fingerprint density at radius 2 is 2.17 bits per heavy atom. The number of hydrogen-bond donors (Lipinski definition) is 1. The molecule has 0 spiro atoms. The molecular weight excluding hydrogens is 244 g/mol. The third-order valence-electron chi connectivity index (χ3n) is 3.63. The number of ether oxygens (including phenoxy) is 1. The van der Waals surface area contributed by atoms with Gasteiger partial charge in [0.15, 0.2) is 0 Å². The lowest BCUT2D eigenvalue weighted by Gasteiger charge is -2.28. The zero-order chi connectivity index (χ0) is 12.8. The second-order valence-corrected chi connectivity index (χ2v) is 5.90. The zero-order valence-electron chi connectivity index (χ0n) is 11.2. The van der Waals surface area contributed by atoms with E-state index in [2.05, 4.69) is 22.6 Å². The molecule has 100 valence electrons. The molecule has 3 nitrogen and oxygen atoms in total. The fourth-order valence-electron chi connectivity index (χ4n) is 2.50. The minimum absolute atomic E-state index is 0.651. The summed E-state index contributed by atoms with van der Waals surface area (Å²) in [5, 5.41) is 4.50. The van der Waals surface area contributed by atoms with Crippen molar-refractivity contribution in [1.29, 1.82) is 0 Å². The van der Waals surface area contributed by atoms with E-state index in [-0.39, 0.29) is 0 Å². The molecule has 1 N–H and O–H groups in total. The highest BCUT2D eigenvalue weighted by Gasteiger charge is 2.20. The Morgan fingerprint density at radius 3 is 2.83 bits per heavy atom. The quantitative estimate of drug-likeness (QED) is 0.888. The van der Waals surface area contributed by atoms with Gasteiger partial charge in [-0.1, -0.05) is 6.07 Å². The minimum Gasteiger partial charge on any atom is -0.481 e. The van der Waals surface area contributed by atoms with E-state index in [1.54, 1.807) is 13.3 Å². The van der Waals surface area contributed by atoms with Gasteiger partial charge in [0.05, 0.1) is 7.11 Å². The van der Waals surface area contributed by atoms with Gasteiger partial charge < -0.3 is 10.1 Å². The van der Waals surface area contributed by atoms with Crippen molar-refractivity contribution in [3.05, 3.63) is 23.9 Å². The smallest absolute Gasteiger partial charge is 0.217 e. The molecule has 18 heavy (non-hydrogen) atoms. The summed E-state index contributed by atoms with van der Waals surface area (Å²) in [6.45, 7) is 0.853. The molecule has 1 saturated carbocycles. The average Bonchev–Trinajstić information content (AvgIpc) is 2.46. The van der Waals surface area contributed by atoms with Gasteiger partial charge in [0, 0.05) is 29.6 Å². The number of hydrogen-bond acceptors (Lipinski definition) is 4. The Bertz CT molecular complexity index is 365. The highest BCUT2D eigenvalue weighted by atomic mass is 32.2. The first kappa shape index (κ1) is 13.7. The Morgan fingerprint density at radius 1 is 1.39 bits per heavy atom. The third kappa shape index (κ3) is 3.62. The summed E-state index contributed by atoms with van der Waals surface area (Å²) in [6.07, 6.45) is 9.24. The Labute approximate surface area is 114 Å². The van der Waals surface area contributed by atoms with Crippen LogP contribution in [0.1, 0.15) is 31.2 Å². The van der Waals surface area contributed by atoms with Gasteiger partial charge in [-0.2, -0.15) is 11.8 Å². The molecule has 0 amide bonds. The number of methoxy groups -OCH3 is 1. The average molecular weight is 266 g/mol. The van der Waals surface area contributed by atoms with Crippen molar-refractivity contribution in [2.75, 3.05) is 13.4 Å². The van der Waals surface area contributed by atoms with Crippen LogP contribution in [-0.2, 0) is 6.54 Å². The summed E-state index contributed by atoms with van der Waals surface area (Å²) in [7, 11) is 1.68. The highest BCUT2D eigenvalue weighted by Crippen LogP contribution is 2.27. The molecule has 0 aromatic carbocycles. The molecule has 1 aromatic heterocycles. The first-order valence-electron chi connectivity index (χ1n) is 6.57. The molecule has 0 aliphatic heterocycles. The van der Waals surface area contributed by atoms with Crippen LogP contribution in [0.25, 0.3) is 0 Å². The first-order valence-corrected chi connectivity index (χ1v) is 7.86. The van der Waals surface area contributed by atoms with E-state index in [9.17, 15) is 0 Å². The van der Waals surface area contributed by atoms with Crippen molar-refractivity contribution in [1.82, 2.24) is 10.3 Å². The van der Waals surface area contributed by atoms with Crippen molar-refractivity contribution in [3.63, 3.8) is 0 Å². The van der Waals surface area contributed by atoms with Crippen molar-refractivity contribution in [3.8, 4) is 5.88 Å². The molecule has 0 atom stereocenters. The second-order valence-electron chi connectivity index (χ2n) is 4.76. The Kier molecular flexibility index (Phi) is 5.32. The molecule has 2 rings (SSSR count). The summed E-state index contributed by atoms with van der Waals surface area (Å²) >= 11 is 2.01. The van der Waals surface area contributed by atoms with E-state index in [1.165, 1.54) is 25.7 Å². The molecule has 0 radical (unpaired) electrons. The Hall–Kier alpha value is -0.740. The summed E-state index contributed by atoms with van der Waals surface area (Å²) in [6, 6.07) is 4.69. The first-order chi connectivity index (χ1) is 8.83. The molecule has 0 bridgehead atoms. The van der Waals surface area contributed by atoms with Crippen molar-refractivity contribution in [2.24, 2.45) is 0 Å². The lowest BCUT2D eigenvalue weighted by molar-refractivity contribution is 0.365. The molecule has 1 aliphatic rings. The van der Waals surface area contributed by atoms with E-state index >= 15 is 0 Å². The number of pyridine rings is 1. The van der Waals surface area contributed by atoms with Gasteiger partial charge in [0.1, 0.15) is 0 Å². The van der Waals surface area contributed by atoms with Gasteiger partial charge in [-0.15, -0.1) is 0 Å². The van der Waals surface area contributed by atoms with E-state index in [4.69, 9.17) is 4.74 Å². The fourth-order valence-corrected chi connectivity index (χ4v) is 3.24. The molecule has 1 heterocycles. The maximum absolute atomic E-state index is 5.27. The van der Waals surface area contributed by atoms with Crippen LogP contribution in [0.2, 0.25) is 0 Å². The number of nitrogens with zero attached hydrogens (tertiary/aromatic N) is 1. The number of nitrogens with one attached hydrogen (secondary N) is 1. The topological polar surface area (TPSA) is 34.1 Å². The van der Waals surface area contributed by atoms with E-state index in [1.807, 2.05) is 17.8 Å². The van der Waals surface area contributed by atoms with Crippen molar-refractivity contribution in [2.45, 2.75) is 43.5 Å². The number of rotatable bonds is 5. The fraction of sp³-hybridized carbons (Fsp3) is 0.643. The van der Waals surface area contributed by atoms with Crippen LogP contribution in [0.4, 0.5) is 0 Å². The van der Waals surface area contributed by atoms with Crippen LogP contribution < -0.4 is 10.1 Å². The molecular formula is C14H22N2OS. The van der Waals surface area contributed by atoms with Crippen LogP contribution in [0.15, 0.2) is 18.3 Å². The van der Waals surface area contributed by atoms with Crippen LogP contribution in [0, 0.1) is 0 Å². The SMILES string of the molecule is COc1ncccc1CNC1CCC(SC)CC1. The molecule has 1 aliphatic carbocycles.